The number of aromatic nitrogens is 1. The monoisotopic (exact) mass is 303 g/mol. The predicted molar refractivity (Wildman–Crippen MR) is 85.6 cm³/mol. The number of aryl methyl sites for hydroxylation is 1. The van der Waals surface area contributed by atoms with Crippen LogP contribution in [0.15, 0.2) is 46.0 Å². The van der Waals surface area contributed by atoms with Crippen molar-refractivity contribution in [3.05, 3.63) is 48.0 Å². The highest BCUT2D eigenvalue weighted by Crippen LogP contribution is 2.14. The molecule has 0 spiro atoms. The minimum absolute atomic E-state index is 0.212. The van der Waals surface area contributed by atoms with Gasteiger partial charge in [0.15, 0.2) is 0 Å². The summed E-state index contributed by atoms with van der Waals surface area (Å²) in [4.78, 5) is 16.1. The molecule has 2 aromatic rings. The van der Waals surface area contributed by atoms with Crippen LogP contribution in [-0.2, 0) is 17.6 Å². The summed E-state index contributed by atoms with van der Waals surface area (Å²) in [6, 6.07) is 10.5. The van der Waals surface area contributed by atoms with E-state index in [4.69, 9.17) is 4.42 Å². The van der Waals surface area contributed by atoms with Gasteiger partial charge in [-0.2, -0.15) is 0 Å². The Bertz CT molecular complexity index is 551. The smallest absolute Gasteiger partial charge is 0.202 e. The van der Waals surface area contributed by atoms with E-state index in [0.717, 1.165) is 30.7 Å². The Morgan fingerprint density at radius 2 is 2.00 bits per heavy atom. The van der Waals surface area contributed by atoms with E-state index < -0.39 is 0 Å². The number of Topliss-reactive ketones (excluding diaryl/α,β-unsaturated/α-hetero) is 1. The van der Waals surface area contributed by atoms with Gasteiger partial charge in [0, 0.05) is 6.42 Å². The van der Waals surface area contributed by atoms with Gasteiger partial charge in [-0.25, -0.2) is 4.98 Å². The molecule has 4 heteroatoms. The van der Waals surface area contributed by atoms with Crippen LogP contribution < -0.4 is 0 Å². The predicted octanol–water partition coefficient (Wildman–Crippen LogP) is 4.31. The number of benzene rings is 1. The lowest BCUT2D eigenvalue weighted by Gasteiger charge is -2.01. The van der Waals surface area contributed by atoms with Gasteiger partial charge in [-0.3, -0.25) is 4.79 Å². The summed E-state index contributed by atoms with van der Waals surface area (Å²) in [5.74, 6) is 0.748. The molecule has 0 bridgehead atoms. The largest absolute Gasteiger partial charge is 0.447 e. The third-order valence-corrected chi connectivity index (χ3v) is 3.96. The Morgan fingerprint density at radius 1 is 1.19 bits per heavy atom. The summed E-state index contributed by atoms with van der Waals surface area (Å²) < 4.78 is 5.26. The van der Waals surface area contributed by atoms with Crippen molar-refractivity contribution in [3.63, 3.8) is 0 Å². The van der Waals surface area contributed by atoms with Gasteiger partial charge in [0.05, 0.1) is 6.42 Å². The average molecular weight is 303 g/mol. The molecule has 0 aliphatic carbocycles. The second-order valence-electron chi connectivity index (χ2n) is 5.05. The molecule has 0 saturated carbocycles. The van der Waals surface area contributed by atoms with E-state index in [0.29, 0.717) is 18.7 Å². The second-order valence-corrected chi connectivity index (χ2v) is 5.87. The SMILES string of the molecule is CSc1coc(CC(=O)CCCCCc2ccccc2)n1. The molecule has 3 nitrogen and oxygen atoms in total. The highest BCUT2D eigenvalue weighted by molar-refractivity contribution is 7.98. The number of carbonyl (C=O) groups excluding carboxylic acids is 1. The molecular formula is C17H21NO2S. The molecule has 112 valence electrons. The number of ketones is 1. The molecule has 0 fully saturated rings. The summed E-state index contributed by atoms with van der Waals surface area (Å²) >= 11 is 1.52. The number of nitrogens with zero attached hydrogens (tertiary/aromatic N) is 1. The molecule has 0 radical (unpaired) electrons. The quantitative estimate of drug-likeness (QED) is 0.511. The first-order valence-electron chi connectivity index (χ1n) is 7.32. The van der Waals surface area contributed by atoms with Crippen molar-refractivity contribution >= 4 is 17.5 Å². The van der Waals surface area contributed by atoms with Crippen LogP contribution in [0.3, 0.4) is 0 Å². The number of oxazole rings is 1. The first kappa shape index (κ1) is 15.8. The van der Waals surface area contributed by atoms with Crippen LogP contribution in [-0.4, -0.2) is 17.0 Å². The summed E-state index contributed by atoms with van der Waals surface area (Å²) in [7, 11) is 0. The molecule has 1 aromatic carbocycles. The molecule has 1 heterocycles. The third-order valence-electron chi connectivity index (χ3n) is 3.35. The van der Waals surface area contributed by atoms with Crippen molar-refractivity contribution in [3.8, 4) is 0 Å². The normalized spacial score (nSPS) is 10.7. The maximum atomic E-state index is 11.8. The number of rotatable bonds is 9. The molecular weight excluding hydrogens is 282 g/mol. The number of unbranched alkanes of at least 4 members (excludes halogenated alkanes) is 2. The molecule has 21 heavy (non-hydrogen) atoms. The van der Waals surface area contributed by atoms with E-state index in [-0.39, 0.29) is 5.78 Å². The van der Waals surface area contributed by atoms with E-state index in [1.807, 2.05) is 12.3 Å². The van der Waals surface area contributed by atoms with Crippen molar-refractivity contribution in [1.29, 1.82) is 0 Å². The first-order chi connectivity index (χ1) is 10.3. The maximum absolute atomic E-state index is 11.8. The highest BCUT2D eigenvalue weighted by atomic mass is 32.2. The number of hydrogen-bond acceptors (Lipinski definition) is 4. The van der Waals surface area contributed by atoms with Gasteiger partial charge in [-0.1, -0.05) is 36.8 Å². The molecule has 0 N–H and O–H groups in total. The molecule has 0 atom stereocenters. The lowest BCUT2D eigenvalue weighted by molar-refractivity contribution is -0.118. The molecule has 0 unspecified atom stereocenters. The molecule has 2 rings (SSSR count). The van der Waals surface area contributed by atoms with Gasteiger partial charge < -0.3 is 4.42 Å². The number of carbonyl (C=O) groups is 1. The minimum Gasteiger partial charge on any atom is -0.447 e. The zero-order valence-corrected chi connectivity index (χ0v) is 13.2. The molecule has 0 saturated heterocycles. The van der Waals surface area contributed by atoms with Crippen LogP contribution in [0.2, 0.25) is 0 Å². The zero-order chi connectivity index (χ0) is 14.9. The standard InChI is InChI=1S/C17H21NO2S/c1-21-17-13-20-16(18-17)12-15(19)11-7-3-6-10-14-8-4-2-5-9-14/h2,4-5,8-9,13H,3,6-7,10-12H2,1H3. The topological polar surface area (TPSA) is 43.1 Å². The number of hydrogen-bond donors (Lipinski definition) is 0. The van der Waals surface area contributed by atoms with Crippen molar-refractivity contribution in [1.82, 2.24) is 4.98 Å². The Hall–Kier alpha value is -1.55. The third kappa shape index (κ3) is 5.76. The van der Waals surface area contributed by atoms with Gasteiger partial charge in [0.25, 0.3) is 0 Å². The summed E-state index contributed by atoms with van der Waals surface area (Å²) in [5, 5.41) is 0.834. The van der Waals surface area contributed by atoms with Crippen LogP contribution in [0.25, 0.3) is 0 Å². The maximum Gasteiger partial charge on any atom is 0.202 e. The molecule has 0 amide bonds. The van der Waals surface area contributed by atoms with Crippen molar-refractivity contribution in [2.45, 2.75) is 43.6 Å². The fourth-order valence-electron chi connectivity index (χ4n) is 2.20. The van der Waals surface area contributed by atoms with Crippen LogP contribution in [0.4, 0.5) is 0 Å². The molecule has 0 aliphatic heterocycles. The highest BCUT2D eigenvalue weighted by Gasteiger charge is 2.09. The average Bonchev–Trinajstić information content (AvgIpc) is 2.95. The summed E-state index contributed by atoms with van der Waals surface area (Å²) in [6.07, 6.45) is 8.73. The van der Waals surface area contributed by atoms with E-state index in [2.05, 4.69) is 29.2 Å². The lowest BCUT2D eigenvalue weighted by Crippen LogP contribution is -2.02. The Balaban J connectivity index is 1.59. The van der Waals surface area contributed by atoms with Gasteiger partial charge >= 0.3 is 0 Å². The summed E-state index contributed by atoms with van der Waals surface area (Å²) in [6.45, 7) is 0. The van der Waals surface area contributed by atoms with Crippen LogP contribution in [0, 0.1) is 0 Å². The van der Waals surface area contributed by atoms with Gasteiger partial charge in [0.1, 0.15) is 17.1 Å². The number of thioether (sulfide) groups is 1. The second kappa shape index (κ2) is 8.67. The van der Waals surface area contributed by atoms with Crippen LogP contribution in [0.5, 0.6) is 0 Å². The zero-order valence-electron chi connectivity index (χ0n) is 12.4. The molecule has 0 aliphatic rings. The van der Waals surface area contributed by atoms with E-state index in [1.54, 1.807) is 6.26 Å². The molecule has 1 aromatic heterocycles. The Morgan fingerprint density at radius 3 is 2.71 bits per heavy atom. The van der Waals surface area contributed by atoms with Crippen LogP contribution >= 0.6 is 11.8 Å². The van der Waals surface area contributed by atoms with Gasteiger partial charge in [-0.05, 0) is 31.1 Å². The van der Waals surface area contributed by atoms with Gasteiger partial charge in [0.2, 0.25) is 5.89 Å². The first-order valence-corrected chi connectivity index (χ1v) is 8.54. The Kier molecular flexibility index (Phi) is 6.54. The minimum atomic E-state index is 0.212. The van der Waals surface area contributed by atoms with Crippen molar-refractivity contribution in [2.24, 2.45) is 0 Å². The van der Waals surface area contributed by atoms with Gasteiger partial charge in [-0.15, -0.1) is 11.8 Å². The van der Waals surface area contributed by atoms with Crippen molar-refractivity contribution in [2.75, 3.05) is 6.26 Å². The lowest BCUT2D eigenvalue weighted by atomic mass is 10.0. The van der Waals surface area contributed by atoms with E-state index in [1.165, 1.54) is 17.3 Å². The summed E-state index contributed by atoms with van der Waals surface area (Å²) in [5.41, 5.74) is 1.37. The fraction of sp³-hybridized carbons (Fsp3) is 0.412. The van der Waals surface area contributed by atoms with E-state index >= 15 is 0 Å². The van der Waals surface area contributed by atoms with Crippen LogP contribution in [0.1, 0.15) is 37.1 Å². The van der Waals surface area contributed by atoms with Crippen molar-refractivity contribution < 1.29 is 9.21 Å². The van der Waals surface area contributed by atoms with E-state index in [9.17, 15) is 4.79 Å². The Labute approximate surface area is 130 Å². The fourth-order valence-corrected chi connectivity index (χ4v) is 2.54.